The van der Waals surface area contributed by atoms with Crippen molar-refractivity contribution >= 4 is 71.6 Å². The molecule has 0 radical (unpaired) electrons. The Kier molecular flexibility index (Phi) is 10.6. The maximum absolute atomic E-state index is 2.51. The lowest BCUT2D eigenvalue weighted by atomic mass is 9.87. The summed E-state index contributed by atoms with van der Waals surface area (Å²) in [5.41, 5.74) is 20.0. The van der Waals surface area contributed by atoms with Gasteiger partial charge < -0.3 is 18.6 Å². The van der Waals surface area contributed by atoms with Crippen molar-refractivity contribution in [1.82, 2.24) is 13.7 Å². The van der Waals surface area contributed by atoms with Crippen LogP contribution >= 0.6 is 0 Å². The van der Waals surface area contributed by atoms with E-state index in [-0.39, 0.29) is 10.8 Å². The Hall–Kier alpha value is -8.86. The molecule has 0 fully saturated rings. The van der Waals surface area contributed by atoms with Crippen molar-refractivity contribution in [1.29, 1.82) is 0 Å². The maximum Gasteiger partial charge on any atom is 0.0789 e. The van der Waals surface area contributed by atoms with Crippen molar-refractivity contribution in [2.24, 2.45) is 0 Å². The van der Waals surface area contributed by atoms with Crippen LogP contribution in [0.5, 0.6) is 0 Å². The Balaban J connectivity index is 1.03. The van der Waals surface area contributed by atoms with E-state index in [9.17, 15) is 0 Å². The average molecular weight is 955 g/mol. The molecule has 0 N–H and O–H groups in total. The molecule has 0 atom stereocenters. The van der Waals surface area contributed by atoms with Crippen LogP contribution in [0.1, 0.15) is 52.7 Å². The molecule has 358 valence electrons. The molecule has 4 heteroatoms. The second-order valence-electron chi connectivity index (χ2n) is 21.8. The lowest BCUT2D eigenvalue weighted by Gasteiger charge is -2.27. The second kappa shape index (κ2) is 17.4. The highest BCUT2D eigenvalue weighted by Gasteiger charge is 2.27. The molecule has 13 aromatic rings. The topological polar surface area (TPSA) is 18.0 Å². The first kappa shape index (κ1) is 45.0. The number of rotatable bonds is 8. The molecule has 10 aromatic carbocycles. The summed E-state index contributed by atoms with van der Waals surface area (Å²) in [4.78, 5) is 2.42. The predicted molar refractivity (Wildman–Crippen MR) is 315 cm³/mol. The summed E-state index contributed by atoms with van der Waals surface area (Å²) in [5, 5.41) is 6.08. The van der Waals surface area contributed by atoms with E-state index in [0.717, 1.165) is 39.6 Å². The van der Waals surface area contributed by atoms with Crippen LogP contribution in [-0.4, -0.2) is 13.7 Å². The summed E-state index contributed by atoms with van der Waals surface area (Å²) in [6.07, 6.45) is 0. The van der Waals surface area contributed by atoms with Crippen molar-refractivity contribution in [2.45, 2.75) is 52.4 Å². The molecule has 0 aliphatic rings. The van der Waals surface area contributed by atoms with Gasteiger partial charge in [-0.3, -0.25) is 0 Å². The van der Waals surface area contributed by atoms with E-state index in [1.165, 1.54) is 82.5 Å². The second-order valence-corrected chi connectivity index (χ2v) is 21.8. The van der Waals surface area contributed by atoms with Crippen LogP contribution in [0.25, 0.3) is 94.0 Å². The van der Waals surface area contributed by atoms with Gasteiger partial charge in [-0.05, 0) is 124 Å². The Bertz CT molecular complexity index is 4200. The van der Waals surface area contributed by atoms with Crippen LogP contribution in [0.15, 0.2) is 243 Å². The first-order valence-corrected chi connectivity index (χ1v) is 25.9. The van der Waals surface area contributed by atoms with E-state index in [1.807, 2.05) is 0 Å². The smallest absolute Gasteiger partial charge is 0.0789 e. The van der Waals surface area contributed by atoms with Gasteiger partial charge in [-0.1, -0.05) is 193 Å². The summed E-state index contributed by atoms with van der Waals surface area (Å²) in [6, 6.07) is 89.6. The van der Waals surface area contributed by atoms with E-state index < -0.39 is 0 Å². The van der Waals surface area contributed by atoms with Crippen LogP contribution in [-0.2, 0) is 10.8 Å². The lowest BCUT2D eigenvalue weighted by Crippen LogP contribution is -2.13. The van der Waals surface area contributed by atoms with Crippen LogP contribution in [0.4, 0.5) is 17.1 Å². The predicted octanol–water partition coefficient (Wildman–Crippen LogP) is 19.2. The molecule has 0 spiro atoms. The molecule has 0 aliphatic heterocycles. The fourth-order valence-electron chi connectivity index (χ4n) is 11.5. The first-order chi connectivity index (χ1) is 36.0. The van der Waals surface area contributed by atoms with Gasteiger partial charge in [-0.15, -0.1) is 0 Å². The van der Waals surface area contributed by atoms with Gasteiger partial charge >= 0.3 is 0 Å². The maximum atomic E-state index is 2.51. The van der Waals surface area contributed by atoms with Gasteiger partial charge in [0.1, 0.15) is 0 Å². The standard InChI is InChI=1S/C70H58N4/c1-69(2,3)49-30-34-52(35-31-49)71(56-42-45-64-61(46-56)58-27-17-18-28-62(58)72(64)54-36-32-50(33-37-54)70(4,5)6)53-38-40-55(41-39-53)73-63-29-19-16-26-57(63)59-43-44-60-65(47-20-10-7-11-21-47)66(48-22-12-8-13-23-48)74(68(60)67(59)73)51-24-14-9-15-25-51/h7-46H,1-6H3. The fraction of sp³-hybridized carbons (Fsp3) is 0.114. The molecule has 74 heavy (non-hydrogen) atoms. The SMILES string of the molecule is CC(C)(C)c1ccc(N(c2ccc(-n3c4ccccc4c4ccc5c(-c6ccccc6)c(-c6ccccc6)n(-c6ccccc6)c5c43)cc2)c2ccc3c(c2)c2ccccc2n3-c2ccc(C(C)(C)C)cc2)cc1. The molecule has 3 heterocycles. The third-order valence-electron chi connectivity index (χ3n) is 15.2. The van der Waals surface area contributed by atoms with E-state index >= 15 is 0 Å². The van der Waals surface area contributed by atoms with Gasteiger partial charge in [-0.2, -0.15) is 0 Å². The number of para-hydroxylation sites is 3. The summed E-state index contributed by atoms with van der Waals surface area (Å²) < 4.78 is 7.42. The van der Waals surface area contributed by atoms with Gasteiger partial charge in [0.25, 0.3) is 0 Å². The number of anilines is 3. The highest BCUT2D eigenvalue weighted by Crippen LogP contribution is 2.48. The van der Waals surface area contributed by atoms with Gasteiger partial charge in [-0.25, -0.2) is 0 Å². The Morgan fingerprint density at radius 2 is 0.716 bits per heavy atom. The summed E-state index contributed by atoms with van der Waals surface area (Å²) in [5.74, 6) is 0. The molecule has 0 aliphatic carbocycles. The Morgan fingerprint density at radius 3 is 1.32 bits per heavy atom. The van der Waals surface area contributed by atoms with Crippen LogP contribution in [0.3, 0.4) is 0 Å². The zero-order valence-electron chi connectivity index (χ0n) is 42.9. The molecule has 4 nitrogen and oxygen atoms in total. The van der Waals surface area contributed by atoms with Gasteiger partial charge in [0.2, 0.25) is 0 Å². The number of fused-ring (bicyclic) bond motifs is 8. The quantitative estimate of drug-likeness (QED) is 0.148. The molecule has 0 amide bonds. The molecule has 3 aromatic heterocycles. The molecule has 0 bridgehead atoms. The molecule has 0 saturated heterocycles. The summed E-state index contributed by atoms with van der Waals surface area (Å²) in [7, 11) is 0. The van der Waals surface area contributed by atoms with Crippen LogP contribution < -0.4 is 4.90 Å². The number of benzene rings is 10. The van der Waals surface area contributed by atoms with E-state index in [1.54, 1.807) is 0 Å². The van der Waals surface area contributed by atoms with Crippen LogP contribution in [0.2, 0.25) is 0 Å². The van der Waals surface area contributed by atoms with Gasteiger partial charge in [0.15, 0.2) is 0 Å². The Morgan fingerprint density at radius 1 is 0.297 bits per heavy atom. The van der Waals surface area contributed by atoms with E-state index in [0.29, 0.717) is 0 Å². The van der Waals surface area contributed by atoms with Gasteiger partial charge in [0, 0.05) is 66.6 Å². The highest BCUT2D eigenvalue weighted by molar-refractivity contribution is 6.22. The first-order valence-electron chi connectivity index (χ1n) is 25.9. The highest BCUT2D eigenvalue weighted by atomic mass is 15.1. The lowest BCUT2D eigenvalue weighted by molar-refractivity contribution is 0.590. The third-order valence-corrected chi connectivity index (χ3v) is 15.2. The molecular weight excluding hydrogens is 897 g/mol. The van der Waals surface area contributed by atoms with Crippen LogP contribution in [0, 0.1) is 0 Å². The van der Waals surface area contributed by atoms with Crippen molar-refractivity contribution in [3.63, 3.8) is 0 Å². The molecule has 0 saturated carbocycles. The number of hydrogen-bond donors (Lipinski definition) is 0. The van der Waals surface area contributed by atoms with Crippen molar-refractivity contribution in [3.05, 3.63) is 254 Å². The minimum atomic E-state index is 0.0225. The third kappa shape index (κ3) is 7.43. The molecule has 0 unspecified atom stereocenters. The number of aromatic nitrogens is 3. The summed E-state index contributed by atoms with van der Waals surface area (Å²) in [6.45, 7) is 13.7. The molecule has 13 rings (SSSR count). The normalized spacial score (nSPS) is 12.2. The monoisotopic (exact) mass is 954 g/mol. The van der Waals surface area contributed by atoms with Crippen molar-refractivity contribution in [3.8, 4) is 39.4 Å². The molecular formula is C70H58N4. The fourth-order valence-corrected chi connectivity index (χ4v) is 11.5. The zero-order valence-corrected chi connectivity index (χ0v) is 42.9. The van der Waals surface area contributed by atoms with E-state index in [4.69, 9.17) is 0 Å². The largest absolute Gasteiger partial charge is 0.310 e. The Labute approximate surface area is 433 Å². The van der Waals surface area contributed by atoms with E-state index in [2.05, 4.69) is 303 Å². The van der Waals surface area contributed by atoms with Crippen molar-refractivity contribution < 1.29 is 0 Å². The number of hydrogen-bond acceptors (Lipinski definition) is 1. The van der Waals surface area contributed by atoms with Gasteiger partial charge in [0.05, 0.1) is 33.3 Å². The minimum Gasteiger partial charge on any atom is -0.310 e. The minimum absolute atomic E-state index is 0.0225. The zero-order chi connectivity index (χ0) is 50.3. The van der Waals surface area contributed by atoms with Crippen molar-refractivity contribution in [2.75, 3.05) is 4.90 Å². The summed E-state index contributed by atoms with van der Waals surface area (Å²) >= 11 is 0. The number of nitrogens with zero attached hydrogens (tertiary/aromatic N) is 4. The average Bonchev–Trinajstić information content (AvgIpc) is 4.10.